The van der Waals surface area contributed by atoms with Crippen molar-refractivity contribution in [2.24, 2.45) is 5.73 Å². The first-order valence-electron chi connectivity index (χ1n) is 6.44. The zero-order chi connectivity index (χ0) is 15.5. The SMILES string of the molecule is CCc1ccccc1NS(=O)(=O)c1cccc(C(N)=S)c1. The highest BCUT2D eigenvalue weighted by molar-refractivity contribution is 7.92. The summed E-state index contributed by atoms with van der Waals surface area (Å²) in [5, 5.41) is 0. The number of thiocarbonyl (C=S) groups is 1. The van der Waals surface area contributed by atoms with E-state index < -0.39 is 10.0 Å². The molecular weight excluding hydrogens is 304 g/mol. The highest BCUT2D eigenvalue weighted by Crippen LogP contribution is 2.21. The van der Waals surface area contributed by atoms with Gasteiger partial charge in [0.25, 0.3) is 10.0 Å². The summed E-state index contributed by atoms with van der Waals surface area (Å²) in [7, 11) is -3.67. The molecule has 110 valence electrons. The number of hydrogen-bond donors (Lipinski definition) is 2. The second kappa shape index (κ2) is 6.24. The molecule has 0 atom stereocenters. The summed E-state index contributed by atoms with van der Waals surface area (Å²) in [4.78, 5) is 0.305. The van der Waals surface area contributed by atoms with E-state index in [4.69, 9.17) is 18.0 Å². The Morgan fingerprint density at radius 2 is 1.90 bits per heavy atom. The molecule has 0 aromatic heterocycles. The van der Waals surface area contributed by atoms with Gasteiger partial charge in [0.1, 0.15) is 4.99 Å². The van der Waals surface area contributed by atoms with Crippen LogP contribution in [0.5, 0.6) is 0 Å². The Hall–Kier alpha value is -1.92. The van der Waals surface area contributed by atoms with Gasteiger partial charge in [-0.05, 0) is 30.2 Å². The summed E-state index contributed by atoms with van der Waals surface area (Å²) in [5.74, 6) is 0. The van der Waals surface area contributed by atoms with Gasteiger partial charge in [-0.1, -0.05) is 49.5 Å². The van der Waals surface area contributed by atoms with Gasteiger partial charge in [-0.15, -0.1) is 0 Å². The number of anilines is 1. The summed E-state index contributed by atoms with van der Waals surface area (Å²) >= 11 is 4.88. The Kier molecular flexibility index (Phi) is 4.59. The van der Waals surface area contributed by atoms with E-state index in [0.717, 1.165) is 12.0 Å². The fourth-order valence-corrected chi connectivity index (χ4v) is 3.22. The molecule has 0 saturated carbocycles. The van der Waals surface area contributed by atoms with Crippen LogP contribution in [0.1, 0.15) is 18.1 Å². The van der Waals surface area contributed by atoms with E-state index in [1.807, 2.05) is 19.1 Å². The molecule has 4 nitrogen and oxygen atoms in total. The normalized spacial score (nSPS) is 11.1. The summed E-state index contributed by atoms with van der Waals surface area (Å²) in [6.07, 6.45) is 0.742. The van der Waals surface area contributed by atoms with Crippen LogP contribution in [0.2, 0.25) is 0 Å². The Balaban J connectivity index is 2.39. The van der Waals surface area contributed by atoms with Crippen molar-refractivity contribution < 1.29 is 8.42 Å². The Bertz CT molecular complexity index is 771. The minimum atomic E-state index is -3.67. The molecule has 0 aliphatic rings. The van der Waals surface area contributed by atoms with Crippen LogP contribution in [-0.2, 0) is 16.4 Å². The van der Waals surface area contributed by atoms with Crippen LogP contribution in [-0.4, -0.2) is 13.4 Å². The van der Waals surface area contributed by atoms with Crippen LogP contribution in [0.25, 0.3) is 0 Å². The number of hydrogen-bond acceptors (Lipinski definition) is 3. The van der Waals surface area contributed by atoms with Crippen molar-refractivity contribution >= 4 is 32.9 Å². The summed E-state index contributed by atoms with van der Waals surface area (Å²) in [6.45, 7) is 1.97. The molecule has 3 N–H and O–H groups in total. The average molecular weight is 320 g/mol. The molecule has 0 unspecified atom stereocenters. The molecule has 2 rings (SSSR count). The van der Waals surface area contributed by atoms with Gasteiger partial charge in [0, 0.05) is 5.56 Å². The van der Waals surface area contributed by atoms with Crippen LogP contribution < -0.4 is 10.5 Å². The minimum Gasteiger partial charge on any atom is -0.389 e. The molecule has 0 spiro atoms. The van der Waals surface area contributed by atoms with Crippen molar-refractivity contribution in [3.63, 3.8) is 0 Å². The lowest BCUT2D eigenvalue weighted by atomic mass is 10.1. The summed E-state index contributed by atoms with van der Waals surface area (Å²) in [6, 6.07) is 13.6. The predicted molar refractivity (Wildman–Crippen MR) is 89.0 cm³/mol. The summed E-state index contributed by atoms with van der Waals surface area (Å²) < 4.78 is 27.5. The number of nitrogens with one attached hydrogen (secondary N) is 1. The third kappa shape index (κ3) is 3.59. The Morgan fingerprint density at radius 3 is 2.57 bits per heavy atom. The van der Waals surface area contributed by atoms with E-state index >= 15 is 0 Å². The maximum absolute atomic E-state index is 12.4. The van der Waals surface area contributed by atoms with E-state index in [-0.39, 0.29) is 9.88 Å². The van der Waals surface area contributed by atoms with Crippen LogP contribution in [0, 0.1) is 0 Å². The standard InChI is InChI=1S/C15H16N2O2S2/c1-2-11-6-3-4-9-14(11)17-21(18,19)13-8-5-7-12(10-13)15(16)20/h3-10,17H,2H2,1H3,(H2,16,20). The monoisotopic (exact) mass is 320 g/mol. The third-order valence-corrected chi connectivity index (χ3v) is 4.67. The molecule has 2 aromatic rings. The van der Waals surface area contributed by atoms with E-state index in [1.54, 1.807) is 24.3 Å². The molecule has 0 aliphatic heterocycles. The van der Waals surface area contributed by atoms with Crippen molar-refractivity contribution in [1.82, 2.24) is 0 Å². The van der Waals surface area contributed by atoms with Gasteiger partial charge < -0.3 is 5.73 Å². The van der Waals surface area contributed by atoms with Gasteiger partial charge in [0.05, 0.1) is 10.6 Å². The molecule has 2 aromatic carbocycles. The van der Waals surface area contributed by atoms with Crippen molar-refractivity contribution in [3.8, 4) is 0 Å². The predicted octanol–water partition coefficient (Wildman–Crippen LogP) is 2.68. The topological polar surface area (TPSA) is 72.2 Å². The second-order valence-electron chi connectivity index (χ2n) is 4.51. The first-order chi connectivity index (χ1) is 9.94. The van der Waals surface area contributed by atoms with Crippen LogP contribution in [0.4, 0.5) is 5.69 Å². The molecule has 0 bridgehead atoms. The van der Waals surface area contributed by atoms with Gasteiger partial charge in [-0.3, -0.25) is 4.72 Å². The highest BCUT2D eigenvalue weighted by atomic mass is 32.2. The van der Waals surface area contributed by atoms with Gasteiger partial charge in [0.2, 0.25) is 0 Å². The molecule has 0 amide bonds. The zero-order valence-corrected chi connectivity index (χ0v) is 13.2. The molecular formula is C15H16N2O2S2. The molecule has 0 radical (unpaired) electrons. The van der Waals surface area contributed by atoms with E-state index in [9.17, 15) is 8.42 Å². The smallest absolute Gasteiger partial charge is 0.261 e. The first kappa shape index (κ1) is 15.5. The molecule has 21 heavy (non-hydrogen) atoms. The molecule has 6 heteroatoms. The first-order valence-corrected chi connectivity index (χ1v) is 8.34. The van der Waals surface area contributed by atoms with Gasteiger partial charge in [-0.2, -0.15) is 0 Å². The van der Waals surface area contributed by atoms with Crippen LogP contribution in [0.3, 0.4) is 0 Å². The number of benzene rings is 2. The number of para-hydroxylation sites is 1. The number of nitrogens with two attached hydrogens (primary N) is 1. The fourth-order valence-electron chi connectivity index (χ4n) is 1.95. The van der Waals surface area contributed by atoms with E-state index in [0.29, 0.717) is 11.3 Å². The maximum Gasteiger partial charge on any atom is 0.261 e. The zero-order valence-electron chi connectivity index (χ0n) is 11.5. The van der Waals surface area contributed by atoms with Crippen molar-refractivity contribution in [3.05, 3.63) is 59.7 Å². The van der Waals surface area contributed by atoms with E-state index in [1.165, 1.54) is 12.1 Å². The van der Waals surface area contributed by atoms with Crippen LogP contribution in [0.15, 0.2) is 53.4 Å². The largest absolute Gasteiger partial charge is 0.389 e. The van der Waals surface area contributed by atoms with Crippen molar-refractivity contribution in [2.75, 3.05) is 4.72 Å². The van der Waals surface area contributed by atoms with Crippen LogP contribution >= 0.6 is 12.2 Å². The number of sulfonamides is 1. The average Bonchev–Trinajstić information content (AvgIpc) is 2.47. The minimum absolute atomic E-state index is 0.138. The Labute approximate surface area is 130 Å². The summed E-state index contributed by atoms with van der Waals surface area (Å²) in [5.41, 5.74) is 7.59. The lowest BCUT2D eigenvalue weighted by Crippen LogP contribution is -2.16. The molecule has 0 saturated heterocycles. The lowest BCUT2D eigenvalue weighted by Gasteiger charge is -2.12. The van der Waals surface area contributed by atoms with Crippen molar-refractivity contribution in [1.29, 1.82) is 0 Å². The molecule has 0 heterocycles. The highest BCUT2D eigenvalue weighted by Gasteiger charge is 2.16. The van der Waals surface area contributed by atoms with Gasteiger partial charge >= 0.3 is 0 Å². The lowest BCUT2D eigenvalue weighted by molar-refractivity contribution is 0.601. The van der Waals surface area contributed by atoms with Gasteiger partial charge in [0.15, 0.2) is 0 Å². The maximum atomic E-state index is 12.4. The third-order valence-electron chi connectivity index (χ3n) is 3.07. The van der Waals surface area contributed by atoms with Crippen molar-refractivity contribution in [2.45, 2.75) is 18.2 Å². The molecule has 0 fully saturated rings. The quantitative estimate of drug-likeness (QED) is 0.831. The fraction of sp³-hybridized carbons (Fsp3) is 0.133. The van der Waals surface area contributed by atoms with E-state index in [2.05, 4.69) is 4.72 Å². The second-order valence-corrected chi connectivity index (χ2v) is 6.63. The molecule has 0 aliphatic carbocycles. The van der Waals surface area contributed by atoms with Gasteiger partial charge in [-0.25, -0.2) is 8.42 Å². The number of rotatable bonds is 5. The number of aryl methyl sites for hydroxylation is 1. The Morgan fingerprint density at radius 1 is 1.19 bits per heavy atom.